The monoisotopic (exact) mass is 436 g/mol. The molecule has 2 aromatic rings. The van der Waals surface area contributed by atoms with E-state index >= 15 is 0 Å². The minimum atomic E-state index is -4.44. The Labute approximate surface area is 148 Å². The molecule has 0 aromatic heterocycles. The highest BCUT2D eigenvalue weighted by molar-refractivity contribution is 9.10. The first-order valence-electron chi connectivity index (χ1n) is 5.93. The molecule has 0 amide bonds. The van der Waals surface area contributed by atoms with Crippen molar-refractivity contribution in [2.24, 2.45) is 0 Å². The second-order valence-electron chi connectivity index (χ2n) is 4.31. The van der Waals surface area contributed by atoms with Crippen molar-refractivity contribution in [1.82, 2.24) is 0 Å². The van der Waals surface area contributed by atoms with Gasteiger partial charge >= 0.3 is 10.1 Å². The summed E-state index contributed by atoms with van der Waals surface area (Å²) in [7, 11) is -4.44. The Morgan fingerprint density at radius 3 is 2.17 bits per heavy atom. The van der Waals surface area contributed by atoms with Crippen molar-refractivity contribution < 1.29 is 22.4 Å². The third kappa shape index (κ3) is 3.99. The Morgan fingerprint density at radius 1 is 1.00 bits per heavy atom. The molecule has 0 fully saturated rings. The fraction of sp³-hybridized carbons (Fsp3) is 0. The van der Waals surface area contributed by atoms with Crippen LogP contribution in [-0.4, -0.2) is 18.3 Å². The zero-order valence-corrected chi connectivity index (χ0v) is 14.5. The molecule has 0 spiro atoms. The van der Waals surface area contributed by atoms with Crippen LogP contribution in [0.3, 0.4) is 0 Å². The summed E-state index contributed by atoms with van der Waals surface area (Å²) in [6.45, 7) is 0. The molecule has 0 saturated carbocycles. The number of hydrogen-bond donors (Lipinski definition) is 0. The summed E-state index contributed by atoms with van der Waals surface area (Å²) in [5.74, 6) is -0.343. The van der Waals surface area contributed by atoms with Crippen LogP contribution < -0.4 is 4.18 Å². The fourth-order valence-electron chi connectivity index (χ4n) is 1.63. The number of nitro benzene ring substituents is 2. The zero-order chi connectivity index (χ0) is 18.1. The van der Waals surface area contributed by atoms with Crippen LogP contribution in [-0.2, 0) is 10.1 Å². The SMILES string of the molecule is O=[N+]([O-])c1cc(Br)cc(S(=O)(=O)Oc2ccc([N+](=O)[O-])cc2Cl)c1. The number of rotatable bonds is 5. The standard InChI is InChI=1S/C12H6BrClN2O7S/c13-7-3-9(16(19)20)5-10(4-7)24(21,22)23-12-2-1-8(15(17)18)6-11(12)14/h1-6H. The predicted molar refractivity (Wildman–Crippen MR) is 86.7 cm³/mol. The highest BCUT2D eigenvalue weighted by atomic mass is 79.9. The molecular weight excluding hydrogens is 432 g/mol. The summed E-state index contributed by atoms with van der Waals surface area (Å²) in [4.78, 5) is 19.5. The molecule has 0 aliphatic carbocycles. The van der Waals surface area contributed by atoms with Gasteiger partial charge in [-0.1, -0.05) is 27.5 Å². The van der Waals surface area contributed by atoms with Crippen LogP contribution in [0.25, 0.3) is 0 Å². The maximum Gasteiger partial charge on any atom is 0.339 e. The Bertz CT molecular complexity index is 948. The first-order valence-corrected chi connectivity index (χ1v) is 8.51. The number of nitro groups is 2. The van der Waals surface area contributed by atoms with Crippen LogP contribution >= 0.6 is 27.5 Å². The number of benzene rings is 2. The molecule has 126 valence electrons. The molecule has 2 aromatic carbocycles. The molecule has 0 unspecified atom stereocenters. The zero-order valence-electron chi connectivity index (χ0n) is 11.4. The van der Waals surface area contributed by atoms with Gasteiger partial charge in [0.1, 0.15) is 4.90 Å². The minimum absolute atomic E-state index is 0.161. The topological polar surface area (TPSA) is 130 Å². The summed E-state index contributed by atoms with van der Waals surface area (Å²) in [6, 6.07) is 6.01. The molecule has 0 heterocycles. The van der Waals surface area contributed by atoms with Gasteiger partial charge in [0.25, 0.3) is 11.4 Å². The van der Waals surface area contributed by atoms with E-state index in [1.54, 1.807) is 0 Å². The molecule has 2 rings (SSSR count). The van der Waals surface area contributed by atoms with Gasteiger partial charge in [0.05, 0.1) is 14.9 Å². The maximum atomic E-state index is 12.2. The van der Waals surface area contributed by atoms with E-state index in [0.717, 1.165) is 36.4 Å². The minimum Gasteiger partial charge on any atom is -0.377 e. The van der Waals surface area contributed by atoms with Crippen LogP contribution in [0.4, 0.5) is 11.4 Å². The lowest BCUT2D eigenvalue weighted by Gasteiger charge is -2.08. The Morgan fingerprint density at radius 2 is 1.62 bits per heavy atom. The van der Waals surface area contributed by atoms with Crippen LogP contribution in [0.2, 0.25) is 5.02 Å². The molecule has 0 N–H and O–H groups in total. The summed E-state index contributed by atoms with van der Waals surface area (Å²) in [5, 5.41) is 21.1. The van der Waals surface area contributed by atoms with Gasteiger partial charge in [0.15, 0.2) is 5.75 Å². The van der Waals surface area contributed by atoms with E-state index in [2.05, 4.69) is 15.9 Å². The van der Waals surface area contributed by atoms with Gasteiger partial charge in [-0.3, -0.25) is 20.2 Å². The average Bonchev–Trinajstić information content (AvgIpc) is 2.48. The van der Waals surface area contributed by atoms with Gasteiger partial charge in [-0.25, -0.2) is 0 Å². The molecule has 12 heteroatoms. The van der Waals surface area contributed by atoms with E-state index in [1.165, 1.54) is 0 Å². The number of halogens is 2. The molecule has 0 aliphatic heterocycles. The van der Waals surface area contributed by atoms with Crippen molar-refractivity contribution >= 4 is 49.0 Å². The van der Waals surface area contributed by atoms with Gasteiger partial charge < -0.3 is 4.18 Å². The third-order valence-corrected chi connectivity index (χ3v) is 4.65. The number of non-ortho nitro benzene ring substituents is 2. The first kappa shape index (κ1) is 18.1. The maximum absolute atomic E-state index is 12.2. The molecule has 0 aliphatic rings. The van der Waals surface area contributed by atoms with Crippen molar-refractivity contribution in [2.45, 2.75) is 4.90 Å². The highest BCUT2D eigenvalue weighted by Gasteiger charge is 2.23. The molecule has 0 saturated heterocycles. The third-order valence-electron chi connectivity index (χ3n) is 2.68. The average molecular weight is 438 g/mol. The molecule has 0 bridgehead atoms. The molecule has 0 atom stereocenters. The lowest BCUT2D eigenvalue weighted by Crippen LogP contribution is -2.10. The van der Waals surface area contributed by atoms with Gasteiger partial charge in [-0.05, 0) is 12.1 Å². The van der Waals surface area contributed by atoms with E-state index in [0.29, 0.717) is 0 Å². The van der Waals surface area contributed by atoms with Gasteiger partial charge in [0, 0.05) is 28.7 Å². The number of nitrogens with zero attached hydrogens (tertiary/aromatic N) is 2. The van der Waals surface area contributed by atoms with E-state index in [4.69, 9.17) is 15.8 Å². The quantitative estimate of drug-likeness (QED) is 0.396. The van der Waals surface area contributed by atoms with Crippen LogP contribution in [0, 0.1) is 20.2 Å². The normalized spacial score (nSPS) is 11.1. The van der Waals surface area contributed by atoms with E-state index < -0.39 is 30.5 Å². The molecule has 9 nitrogen and oxygen atoms in total. The Balaban J connectivity index is 2.42. The summed E-state index contributed by atoms with van der Waals surface area (Å²) >= 11 is 8.74. The Kier molecular flexibility index (Phi) is 5.06. The predicted octanol–water partition coefficient (Wildman–Crippen LogP) is 3.69. The molecular formula is C12H6BrClN2O7S. The largest absolute Gasteiger partial charge is 0.377 e. The second kappa shape index (κ2) is 6.71. The summed E-state index contributed by atoms with van der Waals surface area (Å²) in [6.07, 6.45) is 0. The van der Waals surface area contributed by atoms with Crippen molar-refractivity contribution in [3.8, 4) is 5.75 Å². The van der Waals surface area contributed by atoms with E-state index in [-0.39, 0.29) is 20.9 Å². The highest BCUT2D eigenvalue weighted by Crippen LogP contribution is 2.32. The lowest BCUT2D eigenvalue weighted by atomic mass is 10.3. The number of hydrogen-bond acceptors (Lipinski definition) is 7. The second-order valence-corrected chi connectivity index (χ2v) is 7.18. The van der Waals surface area contributed by atoms with Crippen molar-refractivity contribution in [2.75, 3.05) is 0 Å². The Hall–Kier alpha value is -2.24. The van der Waals surface area contributed by atoms with Crippen molar-refractivity contribution in [3.05, 3.63) is 66.1 Å². The first-order chi connectivity index (χ1) is 11.1. The van der Waals surface area contributed by atoms with Crippen LogP contribution in [0.15, 0.2) is 45.8 Å². The summed E-state index contributed by atoms with van der Waals surface area (Å²) < 4.78 is 29.5. The lowest BCUT2D eigenvalue weighted by molar-refractivity contribution is -0.385. The van der Waals surface area contributed by atoms with Gasteiger partial charge in [0.2, 0.25) is 0 Å². The van der Waals surface area contributed by atoms with Crippen LogP contribution in [0.1, 0.15) is 0 Å². The molecule has 24 heavy (non-hydrogen) atoms. The van der Waals surface area contributed by atoms with E-state index in [9.17, 15) is 28.6 Å². The van der Waals surface area contributed by atoms with Gasteiger partial charge in [-0.15, -0.1) is 0 Å². The molecule has 0 radical (unpaired) electrons. The summed E-state index contributed by atoms with van der Waals surface area (Å²) in [5.41, 5.74) is -0.802. The van der Waals surface area contributed by atoms with E-state index in [1.807, 2.05) is 0 Å². The fourth-order valence-corrected chi connectivity index (χ4v) is 3.54. The van der Waals surface area contributed by atoms with Gasteiger partial charge in [-0.2, -0.15) is 8.42 Å². The van der Waals surface area contributed by atoms with Crippen LogP contribution in [0.5, 0.6) is 5.75 Å². The smallest absolute Gasteiger partial charge is 0.339 e. The van der Waals surface area contributed by atoms with Crippen molar-refractivity contribution in [1.29, 1.82) is 0 Å². The van der Waals surface area contributed by atoms with Crippen molar-refractivity contribution in [3.63, 3.8) is 0 Å².